The molecule has 27 heavy (non-hydrogen) atoms. The third-order valence-electron chi connectivity index (χ3n) is 3.55. The summed E-state index contributed by atoms with van der Waals surface area (Å²) in [5.74, 6) is 1.51. The van der Waals surface area contributed by atoms with E-state index in [-0.39, 0.29) is 24.0 Å². The zero-order valence-corrected chi connectivity index (χ0v) is 18.3. The summed E-state index contributed by atoms with van der Waals surface area (Å²) in [5.41, 5.74) is 1.80. The highest BCUT2D eigenvalue weighted by molar-refractivity contribution is 14.0. The van der Waals surface area contributed by atoms with Crippen LogP contribution in [-0.4, -0.2) is 51.1 Å². The van der Waals surface area contributed by atoms with Crippen LogP contribution in [0.4, 0.5) is 0 Å². The van der Waals surface area contributed by atoms with Crippen LogP contribution in [-0.2, 0) is 16.0 Å². The number of hydrogen-bond acceptors (Lipinski definition) is 5. The van der Waals surface area contributed by atoms with Crippen molar-refractivity contribution in [2.24, 2.45) is 4.99 Å². The molecular weight excluding hydrogens is 459 g/mol. The Hall–Kier alpha value is -1.65. The molecule has 0 unspecified atom stereocenters. The molecule has 0 aliphatic carbocycles. The molecule has 2 aromatic rings. The van der Waals surface area contributed by atoms with Crippen molar-refractivity contribution in [3.63, 3.8) is 0 Å². The Balaban J connectivity index is 0.00000364. The van der Waals surface area contributed by atoms with Gasteiger partial charge in [-0.15, -0.1) is 24.0 Å². The highest BCUT2D eigenvalue weighted by Crippen LogP contribution is 2.19. The topological polar surface area (TPSA) is 80.9 Å². The molecule has 0 fully saturated rings. The summed E-state index contributed by atoms with van der Waals surface area (Å²) < 4.78 is 15.8. The van der Waals surface area contributed by atoms with E-state index in [0.29, 0.717) is 26.4 Å². The van der Waals surface area contributed by atoms with E-state index in [2.05, 4.69) is 20.8 Å². The number of aliphatic imine (C=N–C) groups is 1. The maximum absolute atomic E-state index is 5.44. The molecule has 0 radical (unpaired) electrons. The van der Waals surface area contributed by atoms with Crippen LogP contribution in [0.25, 0.3) is 11.3 Å². The Morgan fingerprint density at radius 2 is 1.96 bits per heavy atom. The smallest absolute Gasteiger partial charge is 0.191 e. The van der Waals surface area contributed by atoms with Gasteiger partial charge in [-0.25, -0.2) is 4.99 Å². The number of hydrogen-bond donors (Lipinski definition) is 2. The van der Waals surface area contributed by atoms with Crippen molar-refractivity contribution in [1.82, 2.24) is 15.8 Å². The van der Waals surface area contributed by atoms with Gasteiger partial charge in [0.2, 0.25) is 0 Å². The third kappa shape index (κ3) is 9.21. The van der Waals surface area contributed by atoms with Crippen molar-refractivity contribution in [3.05, 3.63) is 42.1 Å². The molecule has 0 atom stereocenters. The molecule has 0 bridgehead atoms. The minimum absolute atomic E-state index is 0. The molecule has 2 N–H and O–H groups in total. The van der Waals surface area contributed by atoms with Gasteiger partial charge in [-0.05, 0) is 13.3 Å². The van der Waals surface area contributed by atoms with E-state index >= 15 is 0 Å². The van der Waals surface area contributed by atoms with Gasteiger partial charge in [0.1, 0.15) is 5.69 Å². The molecule has 0 saturated carbocycles. The zero-order valence-electron chi connectivity index (χ0n) is 15.9. The summed E-state index contributed by atoms with van der Waals surface area (Å²) in [7, 11) is 1.67. The number of rotatable bonds is 11. The van der Waals surface area contributed by atoms with Gasteiger partial charge >= 0.3 is 0 Å². The number of aromatic nitrogens is 1. The molecule has 0 amide bonds. The molecule has 0 spiro atoms. The predicted octanol–water partition coefficient (Wildman–Crippen LogP) is 3.07. The first kappa shape index (κ1) is 23.4. The molecule has 2 rings (SSSR count). The van der Waals surface area contributed by atoms with Gasteiger partial charge < -0.3 is 24.6 Å². The second kappa shape index (κ2) is 14.4. The van der Waals surface area contributed by atoms with Crippen molar-refractivity contribution >= 4 is 29.9 Å². The van der Waals surface area contributed by atoms with E-state index in [0.717, 1.165) is 42.5 Å². The van der Waals surface area contributed by atoms with E-state index in [1.54, 1.807) is 7.11 Å². The van der Waals surface area contributed by atoms with Gasteiger partial charge in [0.25, 0.3) is 0 Å². The molecule has 0 aliphatic heterocycles. The molecule has 0 saturated heterocycles. The molecular formula is C19H29IN4O3. The third-order valence-corrected chi connectivity index (χ3v) is 3.55. The lowest BCUT2D eigenvalue weighted by atomic mass is 10.2. The maximum atomic E-state index is 5.44. The standard InChI is InChI=1S/C19H28N4O3.HI/c1-3-20-19(21-10-7-11-25-13-12-24-2)22-15-17-14-18(26-23-17)16-8-5-4-6-9-16;/h4-6,8-9,14H,3,7,10-13,15H2,1-2H3,(H2,20,21,22);1H. The largest absolute Gasteiger partial charge is 0.382 e. The van der Waals surface area contributed by atoms with Crippen LogP contribution < -0.4 is 10.6 Å². The minimum Gasteiger partial charge on any atom is -0.382 e. The minimum atomic E-state index is 0. The number of nitrogens with one attached hydrogen (secondary N) is 2. The first-order valence-electron chi connectivity index (χ1n) is 8.93. The second-order valence-corrected chi connectivity index (χ2v) is 5.63. The van der Waals surface area contributed by atoms with E-state index in [4.69, 9.17) is 14.0 Å². The summed E-state index contributed by atoms with van der Waals surface area (Å²) in [6.07, 6.45) is 0.899. The molecule has 8 heteroatoms. The van der Waals surface area contributed by atoms with Gasteiger partial charge in [-0.2, -0.15) is 0 Å². The highest BCUT2D eigenvalue weighted by Gasteiger charge is 2.06. The molecule has 7 nitrogen and oxygen atoms in total. The predicted molar refractivity (Wildman–Crippen MR) is 117 cm³/mol. The Morgan fingerprint density at radius 3 is 2.70 bits per heavy atom. The van der Waals surface area contributed by atoms with Crippen LogP contribution in [0, 0.1) is 0 Å². The zero-order chi connectivity index (χ0) is 18.5. The lowest BCUT2D eigenvalue weighted by Gasteiger charge is -2.11. The van der Waals surface area contributed by atoms with Gasteiger partial charge in [-0.3, -0.25) is 0 Å². The van der Waals surface area contributed by atoms with Crippen LogP contribution in [0.5, 0.6) is 0 Å². The van der Waals surface area contributed by atoms with Crippen LogP contribution in [0.1, 0.15) is 19.0 Å². The van der Waals surface area contributed by atoms with Crippen molar-refractivity contribution in [3.8, 4) is 11.3 Å². The van der Waals surface area contributed by atoms with Crippen molar-refractivity contribution < 1.29 is 14.0 Å². The fourth-order valence-corrected chi connectivity index (χ4v) is 2.25. The molecule has 1 heterocycles. The SMILES string of the molecule is CCNC(=NCc1cc(-c2ccccc2)on1)NCCCOCCOC.I. The summed E-state index contributed by atoms with van der Waals surface area (Å²) in [6.45, 7) is 6.02. The summed E-state index contributed by atoms with van der Waals surface area (Å²) in [5, 5.41) is 10.6. The van der Waals surface area contributed by atoms with Crippen LogP contribution in [0.2, 0.25) is 0 Å². The van der Waals surface area contributed by atoms with Gasteiger partial charge in [0.15, 0.2) is 11.7 Å². The summed E-state index contributed by atoms with van der Waals surface area (Å²) in [4.78, 5) is 4.55. The number of guanidine groups is 1. The lowest BCUT2D eigenvalue weighted by Crippen LogP contribution is -2.38. The summed E-state index contributed by atoms with van der Waals surface area (Å²) in [6, 6.07) is 11.8. The maximum Gasteiger partial charge on any atom is 0.191 e. The number of halogens is 1. The monoisotopic (exact) mass is 488 g/mol. The first-order valence-corrected chi connectivity index (χ1v) is 8.93. The fraction of sp³-hybridized carbons (Fsp3) is 0.474. The van der Waals surface area contributed by atoms with Gasteiger partial charge in [0, 0.05) is 38.4 Å². The average Bonchev–Trinajstić information content (AvgIpc) is 3.15. The molecule has 0 aliphatic rings. The van der Waals surface area contributed by atoms with E-state index in [1.165, 1.54) is 0 Å². The quantitative estimate of drug-likeness (QED) is 0.219. The number of benzene rings is 1. The van der Waals surface area contributed by atoms with E-state index < -0.39 is 0 Å². The van der Waals surface area contributed by atoms with E-state index in [9.17, 15) is 0 Å². The Bertz CT molecular complexity index is 649. The molecule has 1 aromatic heterocycles. The Kier molecular flexibility index (Phi) is 12.5. The van der Waals surface area contributed by atoms with Crippen LogP contribution >= 0.6 is 24.0 Å². The number of methoxy groups -OCH3 is 1. The first-order chi connectivity index (χ1) is 12.8. The average molecular weight is 488 g/mol. The fourth-order valence-electron chi connectivity index (χ4n) is 2.25. The van der Waals surface area contributed by atoms with Crippen molar-refractivity contribution in [1.29, 1.82) is 0 Å². The van der Waals surface area contributed by atoms with Crippen molar-refractivity contribution in [2.75, 3.05) is 40.0 Å². The highest BCUT2D eigenvalue weighted by atomic mass is 127. The van der Waals surface area contributed by atoms with Crippen LogP contribution in [0.15, 0.2) is 45.9 Å². The van der Waals surface area contributed by atoms with Crippen LogP contribution in [0.3, 0.4) is 0 Å². The molecule has 1 aromatic carbocycles. The lowest BCUT2D eigenvalue weighted by molar-refractivity contribution is 0.0698. The number of nitrogens with zero attached hydrogens (tertiary/aromatic N) is 2. The summed E-state index contributed by atoms with van der Waals surface area (Å²) >= 11 is 0. The second-order valence-electron chi connectivity index (χ2n) is 5.63. The molecule has 150 valence electrons. The van der Waals surface area contributed by atoms with Crippen molar-refractivity contribution in [2.45, 2.75) is 19.9 Å². The Labute approximate surface area is 177 Å². The van der Waals surface area contributed by atoms with E-state index in [1.807, 2.05) is 43.3 Å². The number of ether oxygens (including phenoxy) is 2. The Morgan fingerprint density at radius 1 is 1.15 bits per heavy atom. The van der Waals surface area contributed by atoms with Gasteiger partial charge in [-0.1, -0.05) is 35.5 Å². The van der Waals surface area contributed by atoms with Gasteiger partial charge in [0.05, 0.1) is 19.8 Å². The normalized spacial score (nSPS) is 11.1.